The highest BCUT2D eigenvalue weighted by molar-refractivity contribution is 7.85. The molecule has 0 aromatic heterocycles. The highest BCUT2D eigenvalue weighted by atomic mass is 32.2. The number of nitrogens with one attached hydrogen (secondary N) is 2. The molecule has 0 amide bonds. The van der Waals surface area contributed by atoms with E-state index in [1.165, 1.54) is 0 Å². The maximum Gasteiger partial charge on any atom is 0.195 e. The number of rotatable bonds is 9. The number of ether oxygens (including phenoxy) is 2. The van der Waals surface area contributed by atoms with Crippen LogP contribution in [0.4, 0.5) is 5.69 Å². The largest absolute Gasteiger partial charge is 0.493 e. The van der Waals surface area contributed by atoms with Gasteiger partial charge < -0.3 is 20.1 Å². The fourth-order valence-corrected chi connectivity index (χ4v) is 3.35. The molecule has 1 atom stereocenters. The second-order valence-corrected chi connectivity index (χ2v) is 7.12. The first-order valence-corrected chi connectivity index (χ1v) is 10.3. The standard InChI is InChI=1S/C20H27N3O3S/c1-4-21-20(22-13-14-27(24)17-9-7-6-8-10-17)23-16-11-12-18(26-5-2)19(15-16)25-3/h6-12,15H,4-5,13-14H2,1-3H3,(H2,21,22,23). The Labute approximate surface area is 163 Å². The number of methoxy groups -OCH3 is 1. The molecule has 2 aromatic carbocycles. The maximum absolute atomic E-state index is 12.3. The van der Waals surface area contributed by atoms with Crippen LogP contribution < -0.4 is 20.1 Å². The molecular weight excluding hydrogens is 362 g/mol. The van der Waals surface area contributed by atoms with Gasteiger partial charge in [0.1, 0.15) is 0 Å². The Hall–Kier alpha value is -2.54. The van der Waals surface area contributed by atoms with E-state index in [0.717, 1.165) is 17.1 Å². The molecule has 0 saturated heterocycles. The Morgan fingerprint density at radius 1 is 1.11 bits per heavy atom. The van der Waals surface area contributed by atoms with Crippen LogP contribution in [0.5, 0.6) is 11.5 Å². The van der Waals surface area contributed by atoms with Crippen molar-refractivity contribution in [2.24, 2.45) is 4.99 Å². The van der Waals surface area contributed by atoms with Crippen molar-refractivity contribution in [2.75, 3.05) is 37.9 Å². The zero-order valence-corrected chi connectivity index (χ0v) is 16.8. The van der Waals surface area contributed by atoms with E-state index < -0.39 is 10.8 Å². The van der Waals surface area contributed by atoms with Crippen molar-refractivity contribution in [2.45, 2.75) is 18.7 Å². The minimum Gasteiger partial charge on any atom is -0.493 e. The minimum atomic E-state index is -1.06. The van der Waals surface area contributed by atoms with E-state index in [1.54, 1.807) is 7.11 Å². The first kappa shape index (κ1) is 20.8. The van der Waals surface area contributed by atoms with Crippen LogP contribution in [-0.2, 0) is 10.8 Å². The minimum absolute atomic E-state index is 0.449. The van der Waals surface area contributed by atoms with Crippen LogP contribution in [0.15, 0.2) is 58.4 Å². The summed E-state index contributed by atoms with van der Waals surface area (Å²) in [7, 11) is 0.551. The lowest BCUT2D eigenvalue weighted by Crippen LogP contribution is -2.31. The molecular formula is C20H27N3O3S. The van der Waals surface area contributed by atoms with E-state index in [9.17, 15) is 4.21 Å². The van der Waals surface area contributed by atoms with Gasteiger partial charge in [0.25, 0.3) is 0 Å². The van der Waals surface area contributed by atoms with Gasteiger partial charge in [0, 0.05) is 28.9 Å². The third-order valence-corrected chi connectivity index (χ3v) is 4.97. The van der Waals surface area contributed by atoms with Gasteiger partial charge in [-0.25, -0.2) is 0 Å². The molecule has 27 heavy (non-hydrogen) atoms. The van der Waals surface area contributed by atoms with Crippen LogP contribution in [0.25, 0.3) is 0 Å². The van der Waals surface area contributed by atoms with E-state index >= 15 is 0 Å². The third kappa shape index (κ3) is 6.60. The van der Waals surface area contributed by atoms with Crippen molar-refractivity contribution in [1.29, 1.82) is 0 Å². The third-order valence-electron chi connectivity index (χ3n) is 3.62. The Morgan fingerprint density at radius 3 is 2.56 bits per heavy atom. The molecule has 0 saturated carbocycles. The zero-order chi connectivity index (χ0) is 19.5. The van der Waals surface area contributed by atoms with Crippen LogP contribution in [0.3, 0.4) is 0 Å². The molecule has 7 heteroatoms. The lowest BCUT2D eigenvalue weighted by atomic mass is 10.2. The van der Waals surface area contributed by atoms with Crippen molar-refractivity contribution in [1.82, 2.24) is 5.32 Å². The van der Waals surface area contributed by atoms with Gasteiger partial charge in [-0.1, -0.05) is 18.2 Å². The molecule has 0 bridgehead atoms. The van der Waals surface area contributed by atoms with E-state index in [1.807, 2.05) is 62.4 Å². The van der Waals surface area contributed by atoms with Gasteiger partial charge in [-0.05, 0) is 38.1 Å². The Kier molecular flexibility index (Phi) is 8.64. The lowest BCUT2D eigenvalue weighted by molar-refractivity contribution is 0.311. The molecule has 0 aliphatic carbocycles. The predicted molar refractivity (Wildman–Crippen MR) is 111 cm³/mol. The molecule has 2 rings (SSSR count). The van der Waals surface area contributed by atoms with Crippen molar-refractivity contribution in [3.63, 3.8) is 0 Å². The summed E-state index contributed by atoms with van der Waals surface area (Å²) in [5.74, 6) is 2.45. The van der Waals surface area contributed by atoms with Crippen molar-refractivity contribution in [3.05, 3.63) is 48.5 Å². The summed E-state index contributed by atoms with van der Waals surface area (Å²) in [5, 5.41) is 6.43. The van der Waals surface area contributed by atoms with Gasteiger partial charge in [0.05, 0.1) is 31.1 Å². The molecule has 6 nitrogen and oxygen atoms in total. The SMILES string of the molecule is CCNC(=NCCS(=O)c1ccccc1)Nc1ccc(OCC)c(OC)c1. The fourth-order valence-electron chi connectivity index (χ4n) is 2.39. The normalized spacial score (nSPS) is 12.3. The number of guanidine groups is 1. The molecule has 0 fully saturated rings. The van der Waals surface area contributed by atoms with E-state index in [-0.39, 0.29) is 0 Å². The fraction of sp³-hybridized carbons (Fsp3) is 0.350. The van der Waals surface area contributed by atoms with Crippen molar-refractivity contribution in [3.8, 4) is 11.5 Å². The zero-order valence-electron chi connectivity index (χ0n) is 16.0. The number of benzene rings is 2. The van der Waals surface area contributed by atoms with Gasteiger partial charge in [-0.15, -0.1) is 0 Å². The number of hydrogen-bond acceptors (Lipinski definition) is 4. The molecule has 2 N–H and O–H groups in total. The van der Waals surface area contributed by atoms with Crippen molar-refractivity contribution >= 4 is 22.4 Å². The summed E-state index contributed by atoms with van der Waals surface area (Å²) in [5.41, 5.74) is 0.833. The first-order chi connectivity index (χ1) is 13.2. The second kappa shape index (κ2) is 11.2. The molecule has 0 aliphatic heterocycles. The summed E-state index contributed by atoms with van der Waals surface area (Å²) in [6, 6.07) is 15.1. The van der Waals surface area contributed by atoms with Gasteiger partial charge in [0.15, 0.2) is 17.5 Å². The monoisotopic (exact) mass is 389 g/mol. The highest BCUT2D eigenvalue weighted by Crippen LogP contribution is 2.30. The Balaban J connectivity index is 2.02. The summed E-state index contributed by atoms with van der Waals surface area (Å²) in [4.78, 5) is 5.34. The van der Waals surface area contributed by atoms with Crippen LogP contribution in [0.2, 0.25) is 0 Å². The Morgan fingerprint density at radius 2 is 1.89 bits per heavy atom. The molecule has 2 aromatic rings. The van der Waals surface area contributed by atoms with Crippen LogP contribution in [0.1, 0.15) is 13.8 Å². The summed E-state index contributed by atoms with van der Waals surface area (Å²) in [6.45, 7) is 5.68. The summed E-state index contributed by atoms with van der Waals surface area (Å²) in [6.07, 6.45) is 0. The molecule has 0 radical (unpaired) electrons. The van der Waals surface area contributed by atoms with Gasteiger partial charge in [-0.2, -0.15) is 0 Å². The smallest absolute Gasteiger partial charge is 0.195 e. The highest BCUT2D eigenvalue weighted by Gasteiger charge is 2.07. The molecule has 1 unspecified atom stereocenters. The van der Waals surface area contributed by atoms with E-state index in [2.05, 4.69) is 15.6 Å². The quantitative estimate of drug-likeness (QED) is 0.509. The van der Waals surface area contributed by atoms with E-state index in [4.69, 9.17) is 9.47 Å². The van der Waals surface area contributed by atoms with Gasteiger partial charge in [0.2, 0.25) is 0 Å². The number of aliphatic imine (C=N–C) groups is 1. The van der Waals surface area contributed by atoms with Crippen LogP contribution in [-0.4, -0.2) is 42.7 Å². The average molecular weight is 390 g/mol. The number of anilines is 1. The van der Waals surface area contributed by atoms with Gasteiger partial charge in [-0.3, -0.25) is 9.20 Å². The second-order valence-electron chi connectivity index (χ2n) is 5.55. The maximum atomic E-state index is 12.3. The molecule has 146 valence electrons. The van der Waals surface area contributed by atoms with Gasteiger partial charge >= 0.3 is 0 Å². The topological polar surface area (TPSA) is 72.0 Å². The molecule has 0 aliphatic rings. The average Bonchev–Trinajstić information content (AvgIpc) is 2.70. The number of hydrogen-bond donors (Lipinski definition) is 2. The number of nitrogens with zero attached hydrogens (tertiary/aromatic N) is 1. The van der Waals surface area contributed by atoms with Crippen LogP contribution >= 0.6 is 0 Å². The summed E-state index contributed by atoms with van der Waals surface area (Å²) >= 11 is 0. The Bertz CT molecular complexity index is 766. The van der Waals surface area contributed by atoms with E-state index in [0.29, 0.717) is 36.4 Å². The first-order valence-electron chi connectivity index (χ1n) is 8.97. The van der Waals surface area contributed by atoms with Crippen molar-refractivity contribution < 1.29 is 13.7 Å². The molecule has 0 spiro atoms. The van der Waals surface area contributed by atoms with Crippen LogP contribution in [0, 0.1) is 0 Å². The lowest BCUT2D eigenvalue weighted by Gasteiger charge is -2.14. The molecule has 0 heterocycles. The summed E-state index contributed by atoms with van der Waals surface area (Å²) < 4.78 is 23.2. The predicted octanol–water partition coefficient (Wildman–Crippen LogP) is 3.28.